The van der Waals surface area contributed by atoms with E-state index >= 15 is 0 Å². The molecule has 0 unspecified atom stereocenters. The number of unbranched alkanes of at least 4 members (excludes halogenated alkanes) is 6. The van der Waals surface area contributed by atoms with E-state index in [-0.39, 0.29) is 11.8 Å². The lowest BCUT2D eigenvalue weighted by Crippen LogP contribution is -2.31. The van der Waals surface area contributed by atoms with Gasteiger partial charge in [-0.15, -0.1) is 0 Å². The Morgan fingerprint density at radius 3 is 1.06 bits per heavy atom. The molecule has 2 amide bonds. The van der Waals surface area contributed by atoms with Gasteiger partial charge in [0.15, 0.2) is 0 Å². The van der Waals surface area contributed by atoms with Crippen LogP contribution in [0.5, 0.6) is 0 Å². The van der Waals surface area contributed by atoms with Gasteiger partial charge in [0.25, 0.3) is 11.8 Å². The van der Waals surface area contributed by atoms with Crippen LogP contribution in [0.2, 0.25) is 0 Å². The van der Waals surface area contributed by atoms with E-state index in [0.29, 0.717) is 48.5 Å². The lowest BCUT2D eigenvalue weighted by atomic mass is 9.98. The molecule has 0 atom stereocenters. The largest absolute Gasteiger partial charge is 0.307 e. The minimum atomic E-state index is -0.102. The van der Waals surface area contributed by atoms with Crippen LogP contribution in [0.15, 0.2) is 108 Å². The third-order valence-electron chi connectivity index (χ3n) is 10.1. The van der Waals surface area contributed by atoms with E-state index < -0.39 is 0 Å². The molecule has 0 N–H and O–H groups in total. The predicted octanol–water partition coefficient (Wildman–Crippen LogP) is 10.1. The van der Waals surface area contributed by atoms with Gasteiger partial charge in [-0.3, -0.25) is 9.59 Å². The van der Waals surface area contributed by atoms with Crippen LogP contribution in [0.25, 0.3) is 33.6 Å². The van der Waals surface area contributed by atoms with Gasteiger partial charge in [-0.25, -0.2) is 0 Å². The highest BCUT2D eigenvalue weighted by atomic mass is 16.2. The third-order valence-corrected chi connectivity index (χ3v) is 10.1. The quantitative estimate of drug-likeness (QED) is 0.110. The van der Waals surface area contributed by atoms with Gasteiger partial charge >= 0.3 is 0 Å². The van der Waals surface area contributed by atoms with Gasteiger partial charge in [-0.1, -0.05) is 149 Å². The van der Waals surface area contributed by atoms with Crippen LogP contribution in [0.1, 0.15) is 87.5 Å². The van der Waals surface area contributed by atoms with Crippen molar-refractivity contribution in [3.8, 4) is 34.4 Å². The number of hydrogen-bond acceptors (Lipinski definition) is 4. The van der Waals surface area contributed by atoms with Gasteiger partial charge in [0.1, 0.15) is 0 Å². The van der Waals surface area contributed by atoms with E-state index in [1.165, 1.54) is 0 Å². The fraction of sp³-hybridized carbons (Fsp3) is 0.304. The number of nitrogens with zero attached hydrogens (tertiary/aromatic N) is 4. The summed E-state index contributed by atoms with van der Waals surface area (Å²) in [5.74, 6) is -0.203. The van der Waals surface area contributed by atoms with Crippen LogP contribution < -0.4 is 0 Å². The van der Waals surface area contributed by atoms with Crippen molar-refractivity contribution >= 4 is 23.2 Å². The summed E-state index contributed by atoms with van der Waals surface area (Å²) in [7, 11) is 0. The molecule has 0 aliphatic carbocycles. The Bertz CT molecular complexity index is 1890. The molecule has 4 aromatic rings. The first-order valence-corrected chi connectivity index (χ1v) is 18.7. The fourth-order valence-electron chi connectivity index (χ4n) is 7.27. The van der Waals surface area contributed by atoms with Gasteiger partial charge in [0, 0.05) is 13.1 Å². The molecule has 52 heavy (non-hydrogen) atoms. The van der Waals surface area contributed by atoms with Crippen molar-refractivity contribution in [3.05, 3.63) is 130 Å². The Hall–Kier alpha value is -5.72. The van der Waals surface area contributed by atoms with Gasteiger partial charge in [-0.05, 0) is 57.3 Å². The first-order valence-electron chi connectivity index (χ1n) is 18.7. The number of hydrogen-bond donors (Lipinski definition) is 0. The molecule has 0 radical (unpaired) electrons. The van der Waals surface area contributed by atoms with Gasteiger partial charge in [0.05, 0.1) is 47.5 Å². The third kappa shape index (κ3) is 7.63. The average Bonchev–Trinajstić information content (AvgIpc) is 3.62. The van der Waals surface area contributed by atoms with Crippen molar-refractivity contribution < 1.29 is 9.59 Å². The molecule has 0 saturated carbocycles. The summed E-state index contributed by atoms with van der Waals surface area (Å²) in [5, 5.41) is 18.1. The van der Waals surface area contributed by atoms with Crippen molar-refractivity contribution in [1.82, 2.24) is 9.80 Å². The standard InChI is InChI=1S/C46H46N4O2/c1-3-5-7-9-31-49-43(39-23-19-37(20-24-39)35-15-11-33(12-16-35)27-29-47)41-42(45(49)51)44(50(46(41)52)32-10-8-6-4-2)40-25-21-38(22-26-40)36-17-13-34(14-18-36)28-30-48/h11-26H,3-10,27-28,31-32H2,1-2H3. The molecule has 0 aromatic heterocycles. The van der Waals surface area contributed by atoms with Crippen LogP contribution in [0.3, 0.4) is 0 Å². The molecule has 6 rings (SSSR count). The summed E-state index contributed by atoms with van der Waals surface area (Å²) in [5.41, 5.74) is 10.3. The zero-order chi connectivity index (χ0) is 36.5. The smallest absolute Gasteiger partial charge is 0.261 e. The maximum absolute atomic E-state index is 14.6. The summed E-state index contributed by atoms with van der Waals surface area (Å²) in [4.78, 5) is 33.0. The SMILES string of the molecule is CCCCCCN1C(=O)C2=C(c3ccc(-c4ccc(CC#N)cc4)cc3)N(CCCCCC)C(=O)C2=C1c1ccc(-c2ccc(CC#N)cc2)cc1. The monoisotopic (exact) mass is 686 g/mol. The lowest BCUT2D eigenvalue weighted by Gasteiger charge is -2.25. The van der Waals surface area contributed by atoms with Crippen molar-refractivity contribution in [2.75, 3.05) is 13.1 Å². The molecule has 2 aliphatic heterocycles. The highest BCUT2D eigenvalue weighted by Gasteiger charge is 2.48. The van der Waals surface area contributed by atoms with E-state index in [4.69, 9.17) is 10.5 Å². The maximum atomic E-state index is 14.6. The second-order valence-electron chi connectivity index (χ2n) is 13.7. The first kappa shape index (κ1) is 36.1. The van der Waals surface area contributed by atoms with Gasteiger partial charge in [-0.2, -0.15) is 10.5 Å². The van der Waals surface area contributed by atoms with E-state index in [1.807, 2.05) is 82.6 Å². The molecular weight excluding hydrogens is 641 g/mol. The predicted molar refractivity (Wildman–Crippen MR) is 208 cm³/mol. The van der Waals surface area contributed by atoms with Crippen molar-refractivity contribution in [3.63, 3.8) is 0 Å². The average molecular weight is 687 g/mol. The van der Waals surface area contributed by atoms with Crippen LogP contribution in [0.4, 0.5) is 0 Å². The number of amides is 2. The second kappa shape index (κ2) is 17.0. The van der Waals surface area contributed by atoms with Crippen molar-refractivity contribution in [2.24, 2.45) is 0 Å². The highest BCUT2D eigenvalue weighted by molar-refractivity contribution is 6.30. The van der Waals surface area contributed by atoms with Gasteiger partial charge in [0.2, 0.25) is 0 Å². The summed E-state index contributed by atoms with van der Waals surface area (Å²) >= 11 is 0. The normalized spacial score (nSPS) is 13.9. The minimum absolute atomic E-state index is 0.102. The molecule has 0 fully saturated rings. The molecule has 2 heterocycles. The molecular formula is C46H46N4O2. The molecule has 6 heteroatoms. The van der Waals surface area contributed by atoms with Crippen LogP contribution in [-0.4, -0.2) is 34.7 Å². The lowest BCUT2D eigenvalue weighted by molar-refractivity contribution is -0.124. The summed E-state index contributed by atoms with van der Waals surface area (Å²) in [6.45, 7) is 5.47. The number of carbonyl (C=O) groups excluding carboxylic acids is 2. The van der Waals surface area contributed by atoms with Crippen LogP contribution in [0, 0.1) is 22.7 Å². The Morgan fingerprint density at radius 1 is 0.442 bits per heavy atom. The van der Waals surface area contributed by atoms with Gasteiger partial charge < -0.3 is 9.80 Å². The van der Waals surface area contributed by atoms with Crippen LogP contribution >= 0.6 is 0 Å². The molecule has 6 nitrogen and oxygen atoms in total. The minimum Gasteiger partial charge on any atom is -0.307 e. The number of fused-ring (bicyclic) bond motifs is 1. The molecule has 0 bridgehead atoms. The molecule has 4 aromatic carbocycles. The molecule has 0 saturated heterocycles. The van der Waals surface area contributed by atoms with E-state index in [1.54, 1.807) is 0 Å². The Balaban J connectivity index is 1.41. The maximum Gasteiger partial charge on any atom is 0.261 e. The summed E-state index contributed by atoms with van der Waals surface area (Å²) in [6, 6.07) is 36.8. The number of rotatable bonds is 16. The van der Waals surface area contributed by atoms with E-state index in [0.717, 1.165) is 95.9 Å². The summed E-state index contributed by atoms with van der Waals surface area (Å²) < 4.78 is 0. The van der Waals surface area contributed by atoms with Crippen molar-refractivity contribution in [2.45, 2.75) is 78.1 Å². The number of nitriles is 2. The fourth-order valence-corrected chi connectivity index (χ4v) is 7.27. The Labute approximate surface area is 308 Å². The zero-order valence-corrected chi connectivity index (χ0v) is 30.3. The number of benzene rings is 4. The van der Waals surface area contributed by atoms with Crippen LogP contribution in [-0.2, 0) is 22.4 Å². The highest BCUT2D eigenvalue weighted by Crippen LogP contribution is 2.47. The topological polar surface area (TPSA) is 88.2 Å². The number of carbonyl (C=O) groups is 2. The van der Waals surface area contributed by atoms with E-state index in [2.05, 4.69) is 50.3 Å². The van der Waals surface area contributed by atoms with E-state index in [9.17, 15) is 9.59 Å². The van der Waals surface area contributed by atoms with Crippen molar-refractivity contribution in [1.29, 1.82) is 10.5 Å². The Kier molecular flexibility index (Phi) is 11.8. The molecule has 2 aliphatic rings. The summed E-state index contributed by atoms with van der Waals surface area (Å²) in [6.07, 6.45) is 8.92. The molecule has 0 spiro atoms. The first-order chi connectivity index (χ1) is 25.5. The second-order valence-corrected chi connectivity index (χ2v) is 13.7. The molecule has 262 valence electrons. The Morgan fingerprint density at radius 2 is 0.750 bits per heavy atom. The zero-order valence-electron chi connectivity index (χ0n) is 30.3.